The molecular formula is C19H23NO3. The second kappa shape index (κ2) is 6.90. The molecule has 1 amide bonds. The third kappa shape index (κ3) is 3.95. The quantitative estimate of drug-likeness (QED) is 0.851. The van der Waals surface area contributed by atoms with Gasteiger partial charge in [0.2, 0.25) is 5.91 Å². The van der Waals surface area contributed by atoms with E-state index in [-0.39, 0.29) is 17.9 Å². The summed E-state index contributed by atoms with van der Waals surface area (Å²) in [4.78, 5) is 12.3. The van der Waals surface area contributed by atoms with E-state index in [0.29, 0.717) is 5.92 Å². The van der Waals surface area contributed by atoms with E-state index in [4.69, 9.17) is 9.15 Å². The average molecular weight is 313 g/mol. The first-order valence-electron chi connectivity index (χ1n) is 8.14. The monoisotopic (exact) mass is 313 g/mol. The summed E-state index contributed by atoms with van der Waals surface area (Å²) in [6.45, 7) is 2.05. The van der Waals surface area contributed by atoms with Crippen LogP contribution in [0.2, 0.25) is 0 Å². The lowest BCUT2D eigenvalue weighted by atomic mass is 10.1. The largest absolute Gasteiger partial charge is 0.497 e. The molecule has 2 aromatic rings. The van der Waals surface area contributed by atoms with Crippen LogP contribution in [0.25, 0.3) is 0 Å². The first-order valence-corrected chi connectivity index (χ1v) is 8.14. The van der Waals surface area contributed by atoms with Crippen LogP contribution in [0, 0.1) is 5.92 Å². The Morgan fingerprint density at radius 1 is 1.35 bits per heavy atom. The molecule has 1 heterocycles. The number of methoxy groups -OCH3 is 1. The Hall–Kier alpha value is -2.23. The molecule has 23 heavy (non-hydrogen) atoms. The number of nitrogens with one attached hydrogen (secondary N) is 1. The van der Waals surface area contributed by atoms with Gasteiger partial charge in [-0.3, -0.25) is 4.79 Å². The fourth-order valence-electron chi connectivity index (χ4n) is 2.94. The smallest absolute Gasteiger partial charge is 0.223 e. The van der Waals surface area contributed by atoms with Crippen molar-refractivity contribution < 1.29 is 13.9 Å². The molecule has 1 N–H and O–H groups in total. The SMILES string of the molecule is COc1ccc([C@@H]2C[C@@H]2C(=O)N[C@H](C)CCc2ccco2)cc1. The van der Waals surface area contributed by atoms with Gasteiger partial charge in [0.05, 0.1) is 13.4 Å². The summed E-state index contributed by atoms with van der Waals surface area (Å²) in [5.41, 5.74) is 1.22. The second-order valence-electron chi connectivity index (χ2n) is 6.25. The number of hydrogen-bond acceptors (Lipinski definition) is 3. The number of carbonyl (C=O) groups excluding carboxylic acids is 1. The van der Waals surface area contributed by atoms with Crippen LogP contribution in [0.4, 0.5) is 0 Å². The lowest BCUT2D eigenvalue weighted by molar-refractivity contribution is -0.123. The molecule has 1 aliphatic rings. The molecule has 1 aliphatic carbocycles. The first-order chi connectivity index (χ1) is 11.2. The van der Waals surface area contributed by atoms with Gasteiger partial charge in [0.15, 0.2) is 0 Å². The van der Waals surface area contributed by atoms with Crippen LogP contribution < -0.4 is 10.1 Å². The van der Waals surface area contributed by atoms with Crippen molar-refractivity contribution in [3.63, 3.8) is 0 Å². The fourth-order valence-corrected chi connectivity index (χ4v) is 2.94. The van der Waals surface area contributed by atoms with Crippen molar-refractivity contribution >= 4 is 5.91 Å². The minimum Gasteiger partial charge on any atom is -0.497 e. The lowest BCUT2D eigenvalue weighted by Gasteiger charge is -2.13. The number of rotatable bonds is 7. The zero-order chi connectivity index (χ0) is 16.2. The van der Waals surface area contributed by atoms with E-state index < -0.39 is 0 Å². The molecule has 1 fully saturated rings. The van der Waals surface area contributed by atoms with Crippen molar-refractivity contribution in [2.24, 2.45) is 5.92 Å². The molecule has 0 aliphatic heterocycles. The Morgan fingerprint density at radius 2 is 2.13 bits per heavy atom. The van der Waals surface area contributed by atoms with Gasteiger partial charge in [0.1, 0.15) is 11.5 Å². The highest BCUT2D eigenvalue weighted by Crippen LogP contribution is 2.47. The second-order valence-corrected chi connectivity index (χ2v) is 6.25. The summed E-state index contributed by atoms with van der Waals surface area (Å²) >= 11 is 0. The number of benzene rings is 1. The van der Waals surface area contributed by atoms with Crippen molar-refractivity contribution in [3.8, 4) is 5.75 Å². The Balaban J connectivity index is 1.45. The van der Waals surface area contributed by atoms with Gasteiger partial charge >= 0.3 is 0 Å². The van der Waals surface area contributed by atoms with E-state index in [1.807, 2.05) is 31.2 Å². The highest BCUT2D eigenvalue weighted by Gasteiger charge is 2.44. The Kier molecular flexibility index (Phi) is 4.70. The van der Waals surface area contributed by atoms with E-state index in [1.165, 1.54) is 5.56 Å². The molecule has 0 unspecified atom stereocenters. The van der Waals surface area contributed by atoms with Crippen molar-refractivity contribution in [3.05, 3.63) is 54.0 Å². The standard InChI is InChI=1S/C19H23NO3/c1-13(5-8-16-4-3-11-23-16)20-19(21)18-12-17(18)14-6-9-15(22-2)10-7-14/h3-4,6-7,9-11,13,17-18H,5,8,12H2,1-2H3,(H,20,21)/t13-,17+,18+/m1/s1. The van der Waals surface area contributed by atoms with E-state index in [9.17, 15) is 4.79 Å². The molecule has 4 heteroatoms. The maximum atomic E-state index is 12.3. The number of amides is 1. The summed E-state index contributed by atoms with van der Waals surface area (Å²) in [6.07, 6.45) is 4.35. The number of carbonyl (C=O) groups is 1. The molecule has 4 nitrogen and oxygen atoms in total. The van der Waals surface area contributed by atoms with E-state index in [0.717, 1.165) is 30.8 Å². The third-order valence-corrected chi connectivity index (χ3v) is 4.46. The molecule has 0 radical (unpaired) electrons. The summed E-state index contributed by atoms with van der Waals surface area (Å²) in [5.74, 6) is 2.43. The molecule has 0 saturated heterocycles. The molecule has 1 aromatic heterocycles. The normalized spacial score (nSPS) is 20.8. The highest BCUT2D eigenvalue weighted by molar-refractivity contribution is 5.83. The molecule has 1 aromatic carbocycles. The van der Waals surface area contributed by atoms with Crippen LogP contribution in [-0.2, 0) is 11.2 Å². The zero-order valence-corrected chi connectivity index (χ0v) is 13.6. The number of furan rings is 1. The predicted molar refractivity (Wildman–Crippen MR) is 88.5 cm³/mol. The van der Waals surface area contributed by atoms with Gasteiger partial charge in [-0.05, 0) is 55.5 Å². The van der Waals surface area contributed by atoms with Crippen molar-refractivity contribution in [2.45, 2.75) is 38.1 Å². The highest BCUT2D eigenvalue weighted by atomic mass is 16.5. The van der Waals surface area contributed by atoms with E-state index in [2.05, 4.69) is 17.4 Å². The molecule has 3 rings (SSSR count). The van der Waals surface area contributed by atoms with Crippen LogP contribution in [-0.4, -0.2) is 19.1 Å². The van der Waals surface area contributed by atoms with Gasteiger partial charge in [-0.25, -0.2) is 0 Å². The number of ether oxygens (including phenoxy) is 1. The molecule has 0 bridgehead atoms. The Bertz CT molecular complexity index is 633. The fraction of sp³-hybridized carbons (Fsp3) is 0.421. The molecular weight excluding hydrogens is 290 g/mol. The van der Waals surface area contributed by atoms with Gasteiger partial charge in [-0.15, -0.1) is 0 Å². The van der Waals surface area contributed by atoms with E-state index >= 15 is 0 Å². The summed E-state index contributed by atoms with van der Waals surface area (Å²) in [5, 5.41) is 3.12. The van der Waals surface area contributed by atoms with Crippen molar-refractivity contribution in [2.75, 3.05) is 7.11 Å². The van der Waals surface area contributed by atoms with Crippen LogP contribution in [0.1, 0.15) is 37.0 Å². The minimum atomic E-state index is 0.106. The van der Waals surface area contributed by atoms with Crippen LogP contribution in [0.3, 0.4) is 0 Å². The molecule has 0 spiro atoms. The van der Waals surface area contributed by atoms with Crippen LogP contribution in [0.5, 0.6) is 5.75 Å². The third-order valence-electron chi connectivity index (χ3n) is 4.46. The summed E-state index contributed by atoms with van der Waals surface area (Å²) in [7, 11) is 1.66. The Morgan fingerprint density at radius 3 is 2.78 bits per heavy atom. The molecule has 3 atom stereocenters. The topological polar surface area (TPSA) is 51.5 Å². The number of hydrogen-bond donors (Lipinski definition) is 1. The maximum absolute atomic E-state index is 12.3. The summed E-state index contributed by atoms with van der Waals surface area (Å²) < 4.78 is 10.5. The molecule has 122 valence electrons. The van der Waals surface area contributed by atoms with E-state index in [1.54, 1.807) is 13.4 Å². The Labute approximate surface area is 136 Å². The van der Waals surface area contributed by atoms with Gasteiger partial charge in [0, 0.05) is 18.4 Å². The first kappa shape index (κ1) is 15.7. The number of aryl methyl sites for hydroxylation is 1. The lowest BCUT2D eigenvalue weighted by Crippen LogP contribution is -2.34. The van der Waals surface area contributed by atoms with Gasteiger partial charge in [0.25, 0.3) is 0 Å². The summed E-state index contributed by atoms with van der Waals surface area (Å²) in [6, 6.07) is 12.0. The zero-order valence-electron chi connectivity index (χ0n) is 13.6. The maximum Gasteiger partial charge on any atom is 0.223 e. The minimum absolute atomic E-state index is 0.106. The van der Waals surface area contributed by atoms with Crippen LogP contribution in [0.15, 0.2) is 47.1 Å². The van der Waals surface area contributed by atoms with Crippen molar-refractivity contribution in [1.82, 2.24) is 5.32 Å². The predicted octanol–water partition coefficient (Wildman–Crippen LogP) is 3.53. The van der Waals surface area contributed by atoms with Gasteiger partial charge in [-0.1, -0.05) is 12.1 Å². The van der Waals surface area contributed by atoms with Gasteiger partial charge in [-0.2, -0.15) is 0 Å². The van der Waals surface area contributed by atoms with Crippen molar-refractivity contribution in [1.29, 1.82) is 0 Å². The molecule has 1 saturated carbocycles. The van der Waals surface area contributed by atoms with Crippen LogP contribution >= 0.6 is 0 Å². The van der Waals surface area contributed by atoms with Gasteiger partial charge < -0.3 is 14.5 Å². The average Bonchev–Trinajstić information content (AvgIpc) is 3.20.